The van der Waals surface area contributed by atoms with Crippen LogP contribution in [0.1, 0.15) is 47.5 Å². The lowest BCUT2D eigenvalue weighted by atomic mass is 9.68. The van der Waals surface area contributed by atoms with Gasteiger partial charge >= 0.3 is 0 Å². The molecule has 1 nitrogen and oxygen atoms in total. The van der Waals surface area contributed by atoms with Crippen LogP contribution in [0.25, 0.3) is 0 Å². The molecule has 2 aliphatic rings. The fraction of sp³-hybridized carbons (Fsp3) is 1.00. The fourth-order valence-corrected chi connectivity index (χ4v) is 4.56. The molecule has 94 valence electrons. The van der Waals surface area contributed by atoms with Gasteiger partial charge in [-0.2, -0.15) is 0 Å². The lowest BCUT2D eigenvalue weighted by Gasteiger charge is -2.50. The van der Waals surface area contributed by atoms with Crippen LogP contribution in [0.5, 0.6) is 0 Å². The van der Waals surface area contributed by atoms with Gasteiger partial charge in [-0.1, -0.05) is 20.8 Å². The van der Waals surface area contributed by atoms with E-state index in [1.54, 1.807) is 0 Å². The summed E-state index contributed by atoms with van der Waals surface area (Å²) in [7, 11) is 2.48. The average molecular weight is 224 g/mol. The van der Waals surface area contributed by atoms with Crippen LogP contribution in [0.2, 0.25) is 0 Å². The lowest BCUT2D eigenvalue weighted by Crippen LogP contribution is -2.59. The largest absolute Gasteiger partial charge is 0.324 e. The normalized spacial score (nSPS) is 44.1. The summed E-state index contributed by atoms with van der Waals surface area (Å²) in [4.78, 5) is 0. The van der Waals surface area contributed by atoms with Crippen molar-refractivity contribution in [3.63, 3.8) is 0 Å². The van der Waals surface area contributed by atoms with Crippen LogP contribution in [-0.4, -0.2) is 30.7 Å². The summed E-state index contributed by atoms with van der Waals surface area (Å²) in [5.74, 6) is 2.97. The molecule has 1 heterocycles. The summed E-state index contributed by atoms with van der Waals surface area (Å²) in [6.45, 7) is 15.0. The first-order valence-corrected chi connectivity index (χ1v) is 7.08. The maximum atomic E-state index is 2.48. The van der Waals surface area contributed by atoms with Gasteiger partial charge in [0.15, 0.2) is 0 Å². The Balaban J connectivity index is 2.19. The smallest absolute Gasteiger partial charge is 0.0831 e. The molecule has 1 aliphatic heterocycles. The molecule has 0 spiro atoms. The second-order valence-electron chi connectivity index (χ2n) is 7.93. The molecule has 16 heavy (non-hydrogen) atoms. The Labute approximate surface area is 102 Å². The monoisotopic (exact) mass is 224 g/mol. The van der Waals surface area contributed by atoms with Crippen molar-refractivity contribution < 1.29 is 4.48 Å². The zero-order chi connectivity index (χ0) is 12.1. The van der Waals surface area contributed by atoms with Gasteiger partial charge in [0.2, 0.25) is 0 Å². The second kappa shape index (κ2) is 3.73. The summed E-state index contributed by atoms with van der Waals surface area (Å²) in [6, 6.07) is 0.795. The van der Waals surface area contributed by atoms with Gasteiger partial charge < -0.3 is 4.48 Å². The zero-order valence-electron chi connectivity index (χ0n) is 12.1. The molecule has 2 atom stereocenters. The molecule has 1 saturated carbocycles. The minimum atomic E-state index is 0.522. The van der Waals surface area contributed by atoms with E-state index in [2.05, 4.69) is 41.7 Å². The molecule has 2 fully saturated rings. The average Bonchev–Trinajstić information content (AvgIpc) is 2.39. The van der Waals surface area contributed by atoms with E-state index in [1.165, 1.54) is 30.4 Å². The van der Waals surface area contributed by atoms with E-state index < -0.39 is 0 Å². The number of nitrogens with zero attached hydrogens (tertiary/aromatic N) is 1. The van der Waals surface area contributed by atoms with Crippen molar-refractivity contribution in [2.75, 3.05) is 20.1 Å². The molecule has 0 N–H and O–H groups in total. The maximum absolute atomic E-state index is 2.48. The standard InChI is InChI=1S/C15H30N/c1-11(2)16(6)9-12-7-8-13(10-16)14(12)15(3,4)5/h11-14H,7-10H2,1-6H3/q+1. The molecule has 2 rings (SSSR count). The van der Waals surface area contributed by atoms with Gasteiger partial charge in [0.1, 0.15) is 0 Å². The van der Waals surface area contributed by atoms with Gasteiger partial charge in [-0.3, -0.25) is 0 Å². The third-order valence-electron chi connectivity index (χ3n) is 5.47. The first-order chi connectivity index (χ1) is 7.24. The van der Waals surface area contributed by atoms with Crippen LogP contribution >= 0.6 is 0 Å². The third-order valence-corrected chi connectivity index (χ3v) is 5.47. The molecule has 0 radical (unpaired) electrons. The molecule has 0 aromatic rings. The van der Waals surface area contributed by atoms with Gasteiger partial charge in [-0.25, -0.2) is 0 Å². The topological polar surface area (TPSA) is 0 Å². The van der Waals surface area contributed by atoms with Crippen LogP contribution in [0.4, 0.5) is 0 Å². The van der Waals surface area contributed by atoms with Crippen molar-refractivity contribution >= 4 is 0 Å². The predicted molar refractivity (Wildman–Crippen MR) is 70.2 cm³/mol. The van der Waals surface area contributed by atoms with Gasteiger partial charge in [0.25, 0.3) is 0 Å². The minimum absolute atomic E-state index is 0.522. The van der Waals surface area contributed by atoms with Crippen LogP contribution in [-0.2, 0) is 0 Å². The summed E-state index contributed by atoms with van der Waals surface area (Å²) >= 11 is 0. The highest BCUT2D eigenvalue weighted by Crippen LogP contribution is 2.52. The van der Waals surface area contributed by atoms with E-state index in [1.807, 2.05) is 0 Å². The number of likely N-dealkylation sites (tertiary alicyclic amines) is 1. The molecular formula is C15H30N+. The SMILES string of the molecule is CC(C)[N+]1(C)CC2CCC(C1)C2C(C)(C)C. The number of piperidine rings is 1. The number of rotatable bonds is 1. The van der Waals surface area contributed by atoms with Crippen molar-refractivity contribution in [3.05, 3.63) is 0 Å². The summed E-state index contributed by atoms with van der Waals surface area (Å²) in [5.41, 5.74) is 0.522. The Morgan fingerprint density at radius 2 is 1.44 bits per heavy atom. The molecule has 0 aromatic heterocycles. The van der Waals surface area contributed by atoms with Crippen molar-refractivity contribution in [2.45, 2.75) is 53.5 Å². The fourth-order valence-electron chi connectivity index (χ4n) is 4.56. The second-order valence-corrected chi connectivity index (χ2v) is 7.93. The van der Waals surface area contributed by atoms with Gasteiger partial charge in [-0.05, 0) is 38.0 Å². The molecule has 2 unspecified atom stereocenters. The van der Waals surface area contributed by atoms with Crippen LogP contribution in [0, 0.1) is 23.2 Å². The van der Waals surface area contributed by atoms with E-state index in [9.17, 15) is 0 Å². The zero-order valence-corrected chi connectivity index (χ0v) is 12.1. The molecule has 1 saturated heterocycles. The third kappa shape index (κ3) is 1.92. The van der Waals surface area contributed by atoms with Crippen molar-refractivity contribution in [1.29, 1.82) is 0 Å². The van der Waals surface area contributed by atoms with Crippen LogP contribution in [0.3, 0.4) is 0 Å². The van der Waals surface area contributed by atoms with E-state index in [4.69, 9.17) is 0 Å². The Kier molecular flexibility index (Phi) is 2.89. The van der Waals surface area contributed by atoms with E-state index >= 15 is 0 Å². The molecular weight excluding hydrogens is 194 g/mol. The summed E-state index contributed by atoms with van der Waals surface area (Å²) in [6.07, 6.45) is 2.99. The highest BCUT2D eigenvalue weighted by Gasteiger charge is 2.52. The van der Waals surface area contributed by atoms with E-state index in [0.717, 1.165) is 23.8 Å². The molecule has 2 bridgehead atoms. The lowest BCUT2D eigenvalue weighted by molar-refractivity contribution is -0.941. The highest BCUT2D eigenvalue weighted by atomic mass is 15.4. The predicted octanol–water partition coefficient (Wildman–Crippen LogP) is 3.54. The molecule has 1 heteroatoms. The highest BCUT2D eigenvalue weighted by molar-refractivity contribution is 4.94. The quantitative estimate of drug-likeness (QED) is 0.598. The first-order valence-electron chi connectivity index (χ1n) is 7.08. The van der Waals surface area contributed by atoms with Crippen LogP contribution in [0.15, 0.2) is 0 Å². The molecule has 0 amide bonds. The molecule has 0 aromatic carbocycles. The molecule has 1 aliphatic carbocycles. The number of hydrogen-bond acceptors (Lipinski definition) is 0. The van der Waals surface area contributed by atoms with Crippen molar-refractivity contribution in [3.8, 4) is 0 Å². The Morgan fingerprint density at radius 1 is 1.00 bits per heavy atom. The number of hydrogen-bond donors (Lipinski definition) is 0. The number of quaternary nitrogens is 1. The maximum Gasteiger partial charge on any atom is 0.0831 e. The Bertz CT molecular complexity index is 247. The Hall–Kier alpha value is -0.0400. The first kappa shape index (κ1) is 12.4. The minimum Gasteiger partial charge on any atom is -0.324 e. The number of fused-ring (bicyclic) bond motifs is 2. The van der Waals surface area contributed by atoms with Crippen molar-refractivity contribution in [2.24, 2.45) is 23.2 Å². The summed E-state index contributed by atoms with van der Waals surface area (Å²) in [5, 5.41) is 0. The van der Waals surface area contributed by atoms with Gasteiger partial charge in [-0.15, -0.1) is 0 Å². The van der Waals surface area contributed by atoms with E-state index in [0.29, 0.717) is 5.41 Å². The van der Waals surface area contributed by atoms with E-state index in [-0.39, 0.29) is 0 Å². The van der Waals surface area contributed by atoms with Gasteiger partial charge in [0.05, 0.1) is 26.2 Å². The summed E-state index contributed by atoms with van der Waals surface area (Å²) < 4.78 is 1.32. The van der Waals surface area contributed by atoms with Crippen molar-refractivity contribution in [1.82, 2.24) is 0 Å². The van der Waals surface area contributed by atoms with Crippen LogP contribution < -0.4 is 0 Å². The Morgan fingerprint density at radius 3 is 1.75 bits per heavy atom. The van der Waals surface area contributed by atoms with Gasteiger partial charge in [0, 0.05) is 11.8 Å².